The van der Waals surface area contributed by atoms with Gasteiger partial charge in [0.15, 0.2) is 17.3 Å². The number of fused-ring (bicyclic) bond motifs is 1. The number of nitrogens with one attached hydrogen (secondary N) is 4. The lowest BCUT2D eigenvalue weighted by Gasteiger charge is -2.34. The molecule has 2 amide bonds. The largest absolute Gasteiger partial charge is 0.466 e. The van der Waals surface area contributed by atoms with Gasteiger partial charge in [-0.05, 0) is 38.1 Å². The van der Waals surface area contributed by atoms with Gasteiger partial charge >= 0.3 is 0 Å². The smallest absolute Gasteiger partial charge is 0.291 e. The third-order valence-electron chi connectivity index (χ3n) is 5.08. The van der Waals surface area contributed by atoms with Gasteiger partial charge in [0.05, 0.1) is 16.8 Å². The van der Waals surface area contributed by atoms with Gasteiger partial charge in [-0.15, -0.1) is 9.66 Å². The molecule has 0 spiro atoms. The van der Waals surface area contributed by atoms with Crippen LogP contribution < -0.4 is 25.1 Å². The van der Waals surface area contributed by atoms with Crippen LogP contribution in [0.5, 0.6) is 5.88 Å². The first-order valence-electron chi connectivity index (χ1n) is 10.9. The summed E-state index contributed by atoms with van der Waals surface area (Å²) in [5.74, 6) is -1.68. The second-order valence-electron chi connectivity index (χ2n) is 7.93. The lowest BCUT2D eigenvalue weighted by Crippen LogP contribution is -2.56. The van der Waals surface area contributed by atoms with Crippen LogP contribution in [0, 0.1) is 6.92 Å². The number of aromatic nitrogens is 3. The third kappa shape index (κ3) is 6.02. The number of anilines is 1. The third-order valence-corrected chi connectivity index (χ3v) is 7.56. The average molecular weight is 563 g/mol. The molecule has 1 atom stereocenters. The van der Waals surface area contributed by atoms with Crippen molar-refractivity contribution in [3.63, 3.8) is 0 Å². The Balaban J connectivity index is 1.47. The number of pyridine rings is 1. The number of sulfonamides is 2. The van der Waals surface area contributed by atoms with E-state index in [9.17, 15) is 26.4 Å². The zero-order chi connectivity index (χ0) is 27.5. The van der Waals surface area contributed by atoms with Crippen LogP contribution in [0.15, 0.2) is 64.9 Å². The summed E-state index contributed by atoms with van der Waals surface area (Å²) in [4.78, 5) is 40.6. The highest BCUT2D eigenvalue weighted by atomic mass is 32.2. The fourth-order valence-corrected chi connectivity index (χ4v) is 5.09. The molecule has 38 heavy (non-hydrogen) atoms. The molecule has 0 saturated carbocycles. The number of ether oxygens (including phenoxy) is 1. The van der Waals surface area contributed by atoms with Crippen LogP contribution in [0.4, 0.5) is 5.69 Å². The van der Waals surface area contributed by atoms with Gasteiger partial charge in [-0.25, -0.2) is 31.8 Å². The van der Waals surface area contributed by atoms with Gasteiger partial charge in [-0.3, -0.25) is 20.0 Å². The summed E-state index contributed by atoms with van der Waals surface area (Å²) in [5, 5.41) is 3.08. The molecule has 2 aromatic heterocycles. The van der Waals surface area contributed by atoms with Crippen molar-refractivity contribution in [3.05, 3.63) is 66.2 Å². The summed E-state index contributed by atoms with van der Waals surface area (Å²) in [6.07, 6.45) is 3.20. The summed E-state index contributed by atoms with van der Waals surface area (Å²) < 4.78 is 56.1. The number of hydrazine groups is 2. The highest BCUT2D eigenvalue weighted by Gasteiger charge is 2.35. The minimum atomic E-state index is -4.42. The molecule has 200 valence electrons. The van der Waals surface area contributed by atoms with E-state index in [2.05, 4.69) is 25.1 Å². The quantitative estimate of drug-likeness (QED) is 0.249. The Morgan fingerprint density at radius 1 is 1.08 bits per heavy atom. The summed E-state index contributed by atoms with van der Waals surface area (Å²) in [6.45, 7) is 2.77. The molecule has 15 nitrogen and oxygen atoms in total. The maximum Gasteiger partial charge on any atom is 0.291 e. The van der Waals surface area contributed by atoms with E-state index in [1.54, 1.807) is 19.1 Å². The van der Waals surface area contributed by atoms with Gasteiger partial charge in [0, 0.05) is 12.4 Å². The predicted octanol–water partition coefficient (Wildman–Crippen LogP) is -0.324. The molecule has 1 unspecified atom stereocenters. The molecule has 0 radical (unpaired) electrons. The van der Waals surface area contributed by atoms with Crippen LogP contribution in [0.2, 0.25) is 0 Å². The summed E-state index contributed by atoms with van der Waals surface area (Å²) >= 11 is 0. The molecule has 0 fully saturated rings. The molecule has 0 saturated heterocycles. The zero-order valence-corrected chi connectivity index (χ0v) is 21.6. The lowest BCUT2D eigenvalue weighted by molar-refractivity contribution is -0.123. The molecule has 4 rings (SSSR count). The Kier molecular flexibility index (Phi) is 7.53. The van der Waals surface area contributed by atoms with Gasteiger partial charge in [-0.1, -0.05) is 17.7 Å². The molecular weight excluding hydrogens is 540 g/mol. The number of amides is 2. The van der Waals surface area contributed by atoms with Crippen molar-refractivity contribution in [1.82, 2.24) is 35.0 Å². The molecule has 17 heteroatoms. The number of hydrogen-bond donors (Lipinski definition) is 4. The zero-order valence-electron chi connectivity index (χ0n) is 19.9. The SMILES string of the molecule is Cc1ccc(S(=O)(=O)NN2C(=O)c3nc(S(=O)(=O)NNC(=O)COc4cnccn4)ccc3NC2C)cc1. The van der Waals surface area contributed by atoms with E-state index < -0.39 is 49.7 Å². The van der Waals surface area contributed by atoms with Crippen molar-refractivity contribution < 1.29 is 31.2 Å². The maximum atomic E-state index is 13.1. The van der Waals surface area contributed by atoms with Gasteiger partial charge < -0.3 is 10.1 Å². The normalized spacial score (nSPS) is 15.4. The number of benzene rings is 1. The van der Waals surface area contributed by atoms with E-state index >= 15 is 0 Å². The number of carbonyl (C=O) groups excluding carboxylic acids is 2. The van der Waals surface area contributed by atoms with Crippen molar-refractivity contribution in [2.75, 3.05) is 11.9 Å². The number of aryl methyl sites for hydroxylation is 1. The van der Waals surface area contributed by atoms with Gasteiger partial charge in [0.25, 0.3) is 31.9 Å². The molecule has 0 aliphatic carbocycles. The Bertz CT molecular complexity index is 1570. The molecule has 3 aromatic rings. The summed E-state index contributed by atoms with van der Waals surface area (Å²) in [6, 6.07) is 8.41. The number of rotatable bonds is 9. The Hall–Kier alpha value is -4.19. The van der Waals surface area contributed by atoms with Crippen LogP contribution in [0.3, 0.4) is 0 Å². The van der Waals surface area contributed by atoms with Crippen LogP contribution in [-0.2, 0) is 24.8 Å². The predicted molar refractivity (Wildman–Crippen MR) is 131 cm³/mol. The second kappa shape index (κ2) is 10.7. The highest BCUT2D eigenvalue weighted by molar-refractivity contribution is 7.89. The number of nitrogens with zero attached hydrogens (tertiary/aromatic N) is 4. The fraction of sp³-hybridized carbons (Fsp3) is 0.190. The first-order valence-corrected chi connectivity index (χ1v) is 13.8. The Morgan fingerprint density at radius 3 is 2.50 bits per heavy atom. The Labute approximate surface area is 217 Å². The number of carbonyl (C=O) groups is 2. The van der Waals surface area contributed by atoms with Crippen LogP contribution in [0.1, 0.15) is 23.0 Å². The number of hydrogen-bond acceptors (Lipinski definition) is 11. The monoisotopic (exact) mass is 562 g/mol. The molecule has 1 aromatic carbocycles. The Morgan fingerprint density at radius 2 is 1.82 bits per heavy atom. The molecule has 3 heterocycles. The summed E-state index contributed by atoms with van der Waals surface area (Å²) in [7, 11) is -8.56. The van der Waals surface area contributed by atoms with E-state index in [0.717, 1.165) is 16.6 Å². The minimum absolute atomic E-state index is 0.0599. The first-order chi connectivity index (χ1) is 18.0. The second-order valence-corrected chi connectivity index (χ2v) is 11.2. The van der Waals surface area contributed by atoms with Gasteiger partial charge in [0.2, 0.25) is 5.88 Å². The van der Waals surface area contributed by atoms with Crippen molar-refractivity contribution in [2.24, 2.45) is 0 Å². The van der Waals surface area contributed by atoms with Crippen molar-refractivity contribution in [3.8, 4) is 5.88 Å². The molecular formula is C21H22N8O7S2. The van der Waals surface area contributed by atoms with E-state index in [1.807, 2.05) is 10.3 Å². The molecule has 1 aliphatic rings. The summed E-state index contributed by atoms with van der Waals surface area (Å²) in [5.41, 5.74) is 2.65. The van der Waals surface area contributed by atoms with E-state index in [-0.39, 0.29) is 22.2 Å². The fourth-order valence-electron chi connectivity index (χ4n) is 3.18. The topological polar surface area (TPSA) is 202 Å². The van der Waals surface area contributed by atoms with E-state index in [0.29, 0.717) is 0 Å². The van der Waals surface area contributed by atoms with Gasteiger partial charge in [0.1, 0.15) is 6.17 Å². The average Bonchev–Trinajstić information content (AvgIpc) is 2.89. The van der Waals surface area contributed by atoms with Crippen LogP contribution in [0.25, 0.3) is 0 Å². The van der Waals surface area contributed by atoms with Crippen molar-refractivity contribution >= 4 is 37.5 Å². The van der Waals surface area contributed by atoms with Crippen molar-refractivity contribution in [1.29, 1.82) is 0 Å². The minimum Gasteiger partial charge on any atom is -0.466 e. The molecule has 1 aliphatic heterocycles. The molecule has 0 bridgehead atoms. The van der Waals surface area contributed by atoms with E-state index in [1.165, 1.54) is 43.7 Å². The van der Waals surface area contributed by atoms with Crippen molar-refractivity contribution in [2.45, 2.75) is 29.9 Å². The van der Waals surface area contributed by atoms with Crippen LogP contribution >= 0.6 is 0 Å². The highest BCUT2D eigenvalue weighted by Crippen LogP contribution is 2.25. The lowest BCUT2D eigenvalue weighted by atomic mass is 10.2. The van der Waals surface area contributed by atoms with Crippen LogP contribution in [-0.4, -0.2) is 61.4 Å². The molecule has 4 N–H and O–H groups in total. The maximum absolute atomic E-state index is 13.1. The first kappa shape index (κ1) is 26.9. The van der Waals surface area contributed by atoms with Gasteiger partial charge in [-0.2, -0.15) is 0 Å². The van der Waals surface area contributed by atoms with E-state index in [4.69, 9.17) is 4.74 Å². The standard InChI is InChI=1S/C21H22N8O7S2/c1-13-3-5-15(6-4-13)37(32,33)28-29-14(2)24-16-7-8-19(25-20(16)21(29)31)38(34,35)27-26-17(30)12-36-18-11-22-9-10-23-18/h3-11,14,24,27-28H,12H2,1-2H3,(H,26,30).